The van der Waals surface area contributed by atoms with Gasteiger partial charge in [0.05, 0.1) is 12.0 Å². The van der Waals surface area contributed by atoms with Crippen molar-refractivity contribution in [3.63, 3.8) is 0 Å². The Balaban J connectivity index is 1.65. The van der Waals surface area contributed by atoms with Gasteiger partial charge in [0, 0.05) is 33.1 Å². The lowest BCUT2D eigenvalue weighted by molar-refractivity contribution is -0.137. The molecule has 2 atom stereocenters. The SMILES string of the molecule is CN1C[C@H](C(=O)N2CCC[C@@H](n3cncn3)C2)CC1=O. The van der Waals surface area contributed by atoms with E-state index in [4.69, 9.17) is 0 Å². The van der Waals surface area contributed by atoms with Crippen molar-refractivity contribution in [1.29, 1.82) is 0 Å². The molecule has 0 aromatic carbocycles. The Labute approximate surface area is 117 Å². The van der Waals surface area contributed by atoms with E-state index in [0.29, 0.717) is 19.5 Å². The smallest absolute Gasteiger partial charge is 0.228 e. The summed E-state index contributed by atoms with van der Waals surface area (Å²) in [6.07, 6.45) is 5.54. The zero-order chi connectivity index (χ0) is 14.1. The highest BCUT2D eigenvalue weighted by molar-refractivity contribution is 5.89. The zero-order valence-corrected chi connectivity index (χ0v) is 11.6. The van der Waals surface area contributed by atoms with Crippen LogP contribution in [0.25, 0.3) is 0 Å². The second-order valence-corrected chi connectivity index (χ2v) is 5.63. The van der Waals surface area contributed by atoms with Crippen LogP contribution in [0.1, 0.15) is 25.3 Å². The number of hydrogen-bond acceptors (Lipinski definition) is 4. The lowest BCUT2D eigenvalue weighted by Gasteiger charge is -2.34. The molecule has 7 nitrogen and oxygen atoms in total. The van der Waals surface area contributed by atoms with Gasteiger partial charge in [-0.15, -0.1) is 0 Å². The number of piperidine rings is 1. The minimum absolute atomic E-state index is 0.0631. The van der Waals surface area contributed by atoms with Gasteiger partial charge in [0.1, 0.15) is 12.7 Å². The van der Waals surface area contributed by atoms with Crippen molar-refractivity contribution >= 4 is 11.8 Å². The molecule has 0 radical (unpaired) electrons. The van der Waals surface area contributed by atoms with E-state index in [9.17, 15) is 9.59 Å². The predicted molar refractivity (Wildman–Crippen MR) is 70.6 cm³/mol. The fraction of sp³-hybridized carbons (Fsp3) is 0.692. The lowest BCUT2D eigenvalue weighted by atomic mass is 10.0. The average Bonchev–Trinajstić information content (AvgIpc) is 3.09. The second-order valence-electron chi connectivity index (χ2n) is 5.63. The third kappa shape index (κ3) is 2.39. The van der Waals surface area contributed by atoms with Crippen LogP contribution in [0.15, 0.2) is 12.7 Å². The molecule has 20 heavy (non-hydrogen) atoms. The second kappa shape index (κ2) is 5.22. The Hall–Kier alpha value is -1.92. The molecule has 7 heteroatoms. The van der Waals surface area contributed by atoms with Crippen LogP contribution in [0.5, 0.6) is 0 Å². The van der Waals surface area contributed by atoms with Crippen LogP contribution in [0.4, 0.5) is 0 Å². The Bertz CT molecular complexity index is 501. The standard InChI is InChI=1S/C13H19N5O2/c1-16-6-10(5-12(16)19)13(20)17-4-2-3-11(7-17)18-9-14-8-15-18/h8-11H,2-7H2,1H3/t10-,11-/m1/s1. The van der Waals surface area contributed by atoms with Crippen LogP contribution in [0.2, 0.25) is 0 Å². The molecule has 1 aromatic rings. The molecule has 108 valence electrons. The molecule has 0 N–H and O–H groups in total. The van der Waals surface area contributed by atoms with E-state index in [1.54, 1.807) is 18.3 Å². The van der Waals surface area contributed by atoms with E-state index in [1.807, 2.05) is 9.58 Å². The van der Waals surface area contributed by atoms with Gasteiger partial charge in [-0.25, -0.2) is 9.67 Å². The number of rotatable bonds is 2. The van der Waals surface area contributed by atoms with Gasteiger partial charge in [-0.05, 0) is 12.8 Å². The number of amides is 2. The first-order valence-electron chi connectivity index (χ1n) is 7.02. The van der Waals surface area contributed by atoms with Gasteiger partial charge in [-0.2, -0.15) is 5.10 Å². The minimum atomic E-state index is -0.179. The number of hydrogen-bond donors (Lipinski definition) is 0. The predicted octanol–water partition coefficient (Wildman–Crippen LogP) is -0.0801. The highest BCUT2D eigenvalue weighted by Gasteiger charge is 2.36. The maximum Gasteiger partial charge on any atom is 0.228 e. The Morgan fingerprint density at radius 3 is 2.90 bits per heavy atom. The lowest BCUT2D eigenvalue weighted by Crippen LogP contribution is -2.44. The molecule has 2 amide bonds. The summed E-state index contributed by atoms with van der Waals surface area (Å²) in [5.74, 6) is -0.0114. The normalized spacial score (nSPS) is 27.1. The molecule has 2 aliphatic rings. The topological polar surface area (TPSA) is 71.3 Å². The van der Waals surface area contributed by atoms with E-state index < -0.39 is 0 Å². The number of likely N-dealkylation sites (tertiary alicyclic amines) is 2. The third-order valence-electron chi connectivity index (χ3n) is 4.21. The largest absolute Gasteiger partial charge is 0.345 e. The Kier molecular flexibility index (Phi) is 3.42. The van der Waals surface area contributed by atoms with Crippen LogP contribution < -0.4 is 0 Å². The summed E-state index contributed by atoms with van der Waals surface area (Å²) in [6.45, 7) is 1.98. The first kappa shape index (κ1) is 13.1. The first-order chi connectivity index (χ1) is 9.65. The maximum absolute atomic E-state index is 12.5. The molecule has 2 aliphatic heterocycles. The number of carbonyl (C=O) groups excluding carboxylic acids is 2. The summed E-state index contributed by atoms with van der Waals surface area (Å²) >= 11 is 0. The summed E-state index contributed by atoms with van der Waals surface area (Å²) in [5.41, 5.74) is 0. The van der Waals surface area contributed by atoms with Gasteiger partial charge in [0.15, 0.2) is 0 Å². The molecule has 2 fully saturated rings. The summed E-state index contributed by atoms with van der Waals surface area (Å²) in [6, 6.07) is 0.199. The molecule has 3 rings (SSSR count). The van der Waals surface area contributed by atoms with E-state index in [0.717, 1.165) is 19.4 Å². The van der Waals surface area contributed by atoms with Gasteiger partial charge >= 0.3 is 0 Å². The molecule has 0 saturated carbocycles. The fourth-order valence-corrected chi connectivity index (χ4v) is 3.06. The van der Waals surface area contributed by atoms with Gasteiger partial charge < -0.3 is 9.80 Å². The van der Waals surface area contributed by atoms with E-state index in [2.05, 4.69) is 10.1 Å². The van der Waals surface area contributed by atoms with Gasteiger partial charge in [-0.1, -0.05) is 0 Å². The van der Waals surface area contributed by atoms with E-state index >= 15 is 0 Å². The van der Waals surface area contributed by atoms with Gasteiger partial charge in [-0.3, -0.25) is 9.59 Å². The number of aromatic nitrogens is 3. The van der Waals surface area contributed by atoms with E-state index in [-0.39, 0.29) is 23.8 Å². The van der Waals surface area contributed by atoms with Crippen molar-refractivity contribution < 1.29 is 9.59 Å². The van der Waals surface area contributed by atoms with Crippen LogP contribution in [0, 0.1) is 5.92 Å². The van der Waals surface area contributed by atoms with Crippen molar-refractivity contribution in [3.8, 4) is 0 Å². The quantitative estimate of drug-likeness (QED) is 0.758. The molecular formula is C13H19N5O2. The average molecular weight is 277 g/mol. The monoisotopic (exact) mass is 277 g/mol. The summed E-state index contributed by atoms with van der Waals surface area (Å²) in [7, 11) is 1.75. The molecular weight excluding hydrogens is 258 g/mol. The number of carbonyl (C=O) groups is 2. The molecule has 1 aromatic heterocycles. The summed E-state index contributed by atoms with van der Waals surface area (Å²) in [5, 5.41) is 4.16. The first-order valence-corrected chi connectivity index (χ1v) is 7.02. The van der Waals surface area contributed by atoms with Gasteiger partial charge in [0.25, 0.3) is 0 Å². The minimum Gasteiger partial charge on any atom is -0.345 e. The van der Waals surface area contributed by atoms with E-state index in [1.165, 1.54) is 6.33 Å². The van der Waals surface area contributed by atoms with Crippen LogP contribution in [0.3, 0.4) is 0 Å². The maximum atomic E-state index is 12.5. The Morgan fingerprint density at radius 2 is 2.25 bits per heavy atom. The van der Waals surface area contributed by atoms with Crippen molar-refractivity contribution in [2.24, 2.45) is 5.92 Å². The molecule has 0 spiro atoms. The molecule has 3 heterocycles. The molecule has 0 unspecified atom stereocenters. The highest BCUT2D eigenvalue weighted by atomic mass is 16.2. The third-order valence-corrected chi connectivity index (χ3v) is 4.21. The Morgan fingerprint density at radius 1 is 1.40 bits per heavy atom. The fourth-order valence-electron chi connectivity index (χ4n) is 3.06. The van der Waals surface area contributed by atoms with Crippen molar-refractivity contribution in [2.45, 2.75) is 25.3 Å². The molecule has 0 bridgehead atoms. The van der Waals surface area contributed by atoms with Crippen molar-refractivity contribution in [1.82, 2.24) is 24.6 Å². The zero-order valence-electron chi connectivity index (χ0n) is 11.6. The summed E-state index contributed by atoms with van der Waals surface area (Å²) in [4.78, 5) is 31.5. The number of nitrogens with zero attached hydrogens (tertiary/aromatic N) is 5. The molecule has 0 aliphatic carbocycles. The van der Waals surface area contributed by atoms with Gasteiger partial charge in [0.2, 0.25) is 11.8 Å². The van der Waals surface area contributed by atoms with Crippen LogP contribution in [-0.4, -0.2) is 63.1 Å². The van der Waals surface area contributed by atoms with Crippen molar-refractivity contribution in [3.05, 3.63) is 12.7 Å². The van der Waals surface area contributed by atoms with Crippen LogP contribution in [-0.2, 0) is 9.59 Å². The summed E-state index contributed by atoms with van der Waals surface area (Å²) < 4.78 is 1.82. The molecule has 2 saturated heterocycles. The van der Waals surface area contributed by atoms with Crippen LogP contribution >= 0.6 is 0 Å². The highest BCUT2D eigenvalue weighted by Crippen LogP contribution is 2.24. The van der Waals surface area contributed by atoms with Crippen molar-refractivity contribution in [2.75, 3.05) is 26.7 Å².